The van der Waals surface area contributed by atoms with Crippen LogP contribution in [0.1, 0.15) is 18.4 Å². The topological polar surface area (TPSA) is 60.5 Å². The summed E-state index contributed by atoms with van der Waals surface area (Å²) in [6.45, 7) is 1.22. The molecule has 0 saturated heterocycles. The lowest BCUT2D eigenvalue weighted by Crippen LogP contribution is -2.12. The highest BCUT2D eigenvalue weighted by molar-refractivity contribution is 5.73. The molecule has 5 heteroatoms. The number of hydrogen-bond acceptors (Lipinski definition) is 5. The summed E-state index contributed by atoms with van der Waals surface area (Å²) in [5.41, 5.74) is 4.19. The smallest absolute Gasteiger partial charge is 0.305 e. The van der Waals surface area contributed by atoms with Crippen molar-refractivity contribution in [3.8, 4) is 17.0 Å². The fourth-order valence-electron chi connectivity index (χ4n) is 3.02. The summed E-state index contributed by atoms with van der Waals surface area (Å²) in [5.74, 6) is 0.666. The van der Waals surface area contributed by atoms with Crippen molar-refractivity contribution in [3.05, 3.63) is 78.5 Å². The second kappa shape index (κ2) is 10.9. The van der Waals surface area contributed by atoms with Crippen molar-refractivity contribution < 1.29 is 14.3 Å². The van der Waals surface area contributed by atoms with Crippen LogP contribution in [0.25, 0.3) is 11.3 Å². The van der Waals surface area contributed by atoms with Gasteiger partial charge >= 0.3 is 5.97 Å². The van der Waals surface area contributed by atoms with Crippen LogP contribution in [0.5, 0.6) is 5.75 Å². The highest BCUT2D eigenvalue weighted by Gasteiger charge is 2.05. The van der Waals surface area contributed by atoms with E-state index in [1.54, 1.807) is 6.20 Å². The highest BCUT2D eigenvalue weighted by atomic mass is 16.5. The van der Waals surface area contributed by atoms with Gasteiger partial charge in [-0.3, -0.25) is 9.78 Å². The largest absolute Gasteiger partial charge is 0.492 e. The van der Waals surface area contributed by atoms with Crippen molar-refractivity contribution in [2.24, 2.45) is 0 Å². The monoisotopic (exact) mass is 390 g/mol. The summed E-state index contributed by atoms with van der Waals surface area (Å²) in [7, 11) is 1.42. The Kier molecular flexibility index (Phi) is 7.63. The lowest BCUT2D eigenvalue weighted by Gasteiger charge is -2.12. The molecule has 1 heterocycles. The molecule has 29 heavy (non-hydrogen) atoms. The number of nitrogens with zero attached hydrogens (tertiary/aromatic N) is 1. The predicted octanol–water partition coefficient (Wildman–Crippen LogP) is 4.74. The summed E-state index contributed by atoms with van der Waals surface area (Å²) in [6, 6.07) is 22.1. The van der Waals surface area contributed by atoms with Crippen molar-refractivity contribution in [3.63, 3.8) is 0 Å². The molecular formula is C24H26N2O3. The van der Waals surface area contributed by atoms with Gasteiger partial charge in [0, 0.05) is 24.7 Å². The number of hydrogen-bond donors (Lipinski definition) is 1. The van der Waals surface area contributed by atoms with Gasteiger partial charge in [-0.15, -0.1) is 0 Å². The van der Waals surface area contributed by atoms with Crippen LogP contribution in [0.2, 0.25) is 0 Å². The van der Waals surface area contributed by atoms with Gasteiger partial charge in [-0.25, -0.2) is 0 Å². The number of aromatic nitrogens is 1. The van der Waals surface area contributed by atoms with E-state index in [2.05, 4.69) is 27.2 Å². The molecule has 0 amide bonds. The van der Waals surface area contributed by atoms with Gasteiger partial charge in [0.05, 0.1) is 18.5 Å². The first-order valence-electron chi connectivity index (χ1n) is 9.79. The zero-order valence-electron chi connectivity index (χ0n) is 16.6. The molecule has 0 fully saturated rings. The number of rotatable bonds is 10. The van der Waals surface area contributed by atoms with Crippen LogP contribution in [-0.4, -0.2) is 31.2 Å². The van der Waals surface area contributed by atoms with Gasteiger partial charge in [-0.2, -0.15) is 0 Å². The van der Waals surface area contributed by atoms with Gasteiger partial charge in [0.25, 0.3) is 0 Å². The highest BCUT2D eigenvalue weighted by Crippen LogP contribution is 2.24. The summed E-state index contributed by atoms with van der Waals surface area (Å²) < 4.78 is 10.5. The number of esters is 1. The maximum Gasteiger partial charge on any atom is 0.305 e. The minimum atomic E-state index is -0.165. The number of pyridine rings is 1. The molecule has 0 aliphatic carbocycles. The second-order valence-electron chi connectivity index (χ2n) is 6.61. The van der Waals surface area contributed by atoms with E-state index in [1.807, 2.05) is 54.6 Å². The van der Waals surface area contributed by atoms with Crippen molar-refractivity contribution >= 4 is 11.7 Å². The van der Waals surface area contributed by atoms with E-state index in [4.69, 9.17) is 4.74 Å². The van der Waals surface area contributed by atoms with E-state index in [1.165, 1.54) is 12.7 Å². The lowest BCUT2D eigenvalue weighted by molar-refractivity contribution is -0.140. The van der Waals surface area contributed by atoms with Gasteiger partial charge in [-0.1, -0.05) is 42.5 Å². The molecule has 0 aliphatic heterocycles. The molecule has 2 aromatic carbocycles. The van der Waals surface area contributed by atoms with Crippen molar-refractivity contribution in [2.45, 2.75) is 19.3 Å². The molecule has 0 unspecified atom stereocenters. The molecule has 0 aliphatic rings. The van der Waals surface area contributed by atoms with E-state index >= 15 is 0 Å². The Balaban J connectivity index is 1.45. The number of nitrogens with one attached hydrogen (secondary N) is 1. The molecule has 150 valence electrons. The lowest BCUT2D eigenvalue weighted by atomic mass is 10.1. The Morgan fingerprint density at radius 1 is 1.00 bits per heavy atom. The van der Waals surface area contributed by atoms with E-state index in [0.29, 0.717) is 19.6 Å². The number of methoxy groups -OCH3 is 1. The molecule has 1 N–H and O–H groups in total. The molecule has 0 saturated carbocycles. The minimum Gasteiger partial charge on any atom is -0.492 e. The van der Waals surface area contributed by atoms with Crippen molar-refractivity contribution in [1.82, 2.24) is 4.98 Å². The van der Waals surface area contributed by atoms with Gasteiger partial charge in [0.1, 0.15) is 12.4 Å². The van der Waals surface area contributed by atoms with Gasteiger partial charge in [0.2, 0.25) is 0 Å². The molecule has 3 aromatic rings. The predicted molar refractivity (Wildman–Crippen MR) is 115 cm³/mol. The normalized spacial score (nSPS) is 10.4. The van der Waals surface area contributed by atoms with Gasteiger partial charge < -0.3 is 14.8 Å². The molecule has 0 radical (unpaired) electrons. The molecule has 0 spiro atoms. The number of benzene rings is 2. The maximum atomic E-state index is 11.2. The Morgan fingerprint density at radius 2 is 1.79 bits per heavy atom. The first-order chi connectivity index (χ1) is 14.3. The number of carbonyl (C=O) groups excluding carboxylic acids is 1. The van der Waals surface area contributed by atoms with E-state index < -0.39 is 0 Å². The summed E-state index contributed by atoms with van der Waals surface area (Å²) in [4.78, 5) is 15.7. The van der Waals surface area contributed by atoms with Crippen LogP contribution >= 0.6 is 0 Å². The van der Waals surface area contributed by atoms with E-state index in [-0.39, 0.29) is 5.97 Å². The SMILES string of the molecule is COC(=O)CCCc1ccc(OCCNc2cccnc2-c2ccccc2)cc1. The summed E-state index contributed by atoms with van der Waals surface area (Å²) in [6.07, 6.45) is 3.88. The fraction of sp³-hybridized carbons (Fsp3) is 0.250. The molecule has 5 nitrogen and oxygen atoms in total. The Labute approximate surface area is 171 Å². The summed E-state index contributed by atoms with van der Waals surface area (Å²) in [5, 5.41) is 3.41. The van der Waals surface area contributed by atoms with Crippen LogP contribution < -0.4 is 10.1 Å². The molecular weight excluding hydrogens is 364 g/mol. The first kappa shape index (κ1) is 20.4. The van der Waals surface area contributed by atoms with E-state index in [9.17, 15) is 4.79 Å². The van der Waals surface area contributed by atoms with Crippen LogP contribution in [-0.2, 0) is 16.0 Å². The van der Waals surface area contributed by atoms with Crippen molar-refractivity contribution in [1.29, 1.82) is 0 Å². The number of aryl methyl sites for hydroxylation is 1. The van der Waals surface area contributed by atoms with Crippen LogP contribution in [0.3, 0.4) is 0 Å². The minimum absolute atomic E-state index is 0.165. The van der Waals surface area contributed by atoms with Crippen LogP contribution in [0, 0.1) is 0 Å². The fourth-order valence-corrected chi connectivity index (χ4v) is 3.02. The number of anilines is 1. The third kappa shape index (κ3) is 6.35. The standard InChI is InChI=1S/C24H26N2O3/c1-28-23(27)11-5-7-19-12-14-21(15-13-19)29-18-17-25-22-10-6-16-26-24(22)20-8-3-2-4-9-20/h2-4,6,8-10,12-16,25H,5,7,11,17-18H2,1H3. The quantitative estimate of drug-likeness (QED) is 0.400. The second-order valence-corrected chi connectivity index (χ2v) is 6.61. The maximum absolute atomic E-state index is 11.2. The summed E-state index contributed by atoms with van der Waals surface area (Å²) >= 11 is 0. The Bertz CT molecular complexity index is 896. The third-order valence-corrected chi connectivity index (χ3v) is 4.54. The molecule has 0 atom stereocenters. The average molecular weight is 390 g/mol. The Morgan fingerprint density at radius 3 is 2.55 bits per heavy atom. The molecule has 1 aromatic heterocycles. The van der Waals surface area contributed by atoms with E-state index in [0.717, 1.165) is 35.5 Å². The zero-order chi connectivity index (χ0) is 20.3. The Hall–Kier alpha value is -3.34. The van der Waals surface area contributed by atoms with Crippen LogP contribution in [0.4, 0.5) is 5.69 Å². The van der Waals surface area contributed by atoms with Gasteiger partial charge in [-0.05, 0) is 42.7 Å². The molecule has 0 bridgehead atoms. The third-order valence-electron chi connectivity index (χ3n) is 4.54. The van der Waals surface area contributed by atoms with Crippen LogP contribution in [0.15, 0.2) is 72.9 Å². The average Bonchev–Trinajstić information content (AvgIpc) is 2.78. The first-order valence-corrected chi connectivity index (χ1v) is 9.79. The molecule has 3 rings (SSSR count). The number of carbonyl (C=O) groups is 1. The van der Waals surface area contributed by atoms with Gasteiger partial charge in [0.15, 0.2) is 0 Å². The van der Waals surface area contributed by atoms with Crippen molar-refractivity contribution in [2.75, 3.05) is 25.6 Å². The zero-order valence-corrected chi connectivity index (χ0v) is 16.6. The number of ether oxygens (including phenoxy) is 2.